The van der Waals surface area contributed by atoms with E-state index >= 15 is 0 Å². The average molecular weight is 253 g/mol. The third kappa shape index (κ3) is 5.11. The van der Waals surface area contributed by atoms with Crippen molar-refractivity contribution in [1.82, 2.24) is 10.3 Å². The molecular formula is C12H19N3O3. The molecule has 0 bridgehead atoms. The van der Waals surface area contributed by atoms with Gasteiger partial charge in [-0.25, -0.2) is 0 Å². The van der Waals surface area contributed by atoms with E-state index in [2.05, 4.69) is 10.3 Å². The number of nitrogens with one attached hydrogen (secondary N) is 1. The molecule has 0 fully saturated rings. The standard InChI is InChI=1S/C12H19N3O3/c1-17-8-11(18-2)7-15-12(16)5-10-4-3-9(13)6-14-10/h3-4,6,11H,5,7-8,13H2,1-2H3,(H,15,16). The molecular weight excluding hydrogens is 234 g/mol. The predicted molar refractivity (Wildman–Crippen MR) is 68.0 cm³/mol. The summed E-state index contributed by atoms with van der Waals surface area (Å²) in [6, 6.07) is 3.45. The molecule has 1 aromatic rings. The Morgan fingerprint density at radius 2 is 2.28 bits per heavy atom. The fraction of sp³-hybridized carbons (Fsp3) is 0.500. The molecule has 0 saturated carbocycles. The largest absolute Gasteiger partial charge is 0.397 e. The van der Waals surface area contributed by atoms with Gasteiger partial charge in [0.25, 0.3) is 0 Å². The minimum atomic E-state index is -0.140. The molecule has 0 aliphatic heterocycles. The van der Waals surface area contributed by atoms with Gasteiger partial charge in [0.05, 0.1) is 31.0 Å². The van der Waals surface area contributed by atoms with Crippen molar-refractivity contribution in [3.63, 3.8) is 0 Å². The molecule has 1 unspecified atom stereocenters. The van der Waals surface area contributed by atoms with E-state index in [-0.39, 0.29) is 18.4 Å². The Kier molecular flexibility index (Phi) is 6.10. The quantitative estimate of drug-likeness (QED) is 0.713. The van der Waals surface area contributed by atoms with Crippen LogP contribution in [0.2, 0.25) is 0 Å². The molecule has 0 spiro atoms. The Bertz CT molecular complexity index is 367. The highest BCUT2D eigenvalue weighted by atomic mass is 16.5. The second-order valence-electron chi connectivity index (χ2n) is 3.88. The van der Waals surface area contributed by atoms with E-state index in [0.717, 1.165) is 0 Å². The van der Waals surface area contributed by atoms with Crippen LogP contribution in [0.15, 0.2) is 18.3 Å². The second kappa shape index (κ2) is 7.62. The van der Waals surface area contributed by atoms with Gasteiger partial charge in [0, 0.05) is 26.5 Å². The van der Waals surface area contributed by atoms with Crippen LogP contribution < -0.4 is 11.1 Å². The highest BCUT2D eigenvalue weighted by molar-refractivity contribution is 5.78. The molecule has 1 heterocycles. The van der Waals surface area contributed by atoms with Gasteiger partial charge in [-0.1, -0.05) is 0 Å². The molecule has 18 heavy (non-hydrogen) atoms. The first kappa shape index (κ1) is 14.4. The van der Waals surface area contributed by atoms with E-state index in [0.29, 0.717) is 24.5 Å². The third-order valence-corrected chi connectivity index (χ3v) is 2.40. The fourth-order valence-corrected chi connectivity index (χ4v) is 1.39. The number of amides is 1. The molecule has 1 amide bonds. The topological polar surface area (TPSA) is 86.5 Å². The van der Waals surface area contributed by atoms with E-state index in [1.807, 2.05) is 0 Å². The van der Waals surface area contributed by atoms with Gasteiger partial charge in [-0.3, -0.25) is 9.78 Å². The number of hydrogen-bond donors (Lipinski definition) is 2. The Morgan fingerprint density at radius 1 is 1.50 bits per heavy atom. The normalized spacial score (nSPS) is 12.1. The minimum Gasteiger partial charge on any atom is -0.397 e. The van der Waals surface area contributed by atoms with Crippen LogP contribution in [0.4, 0.5) is 5.69 Å². The van der Waals surface area contributed by atoms with Gasteiger partial charge < -0.3 is 20.5 Å². The molecule has 1 aromatic heterocycles. The minimum absolute atomic E-state index is 0.106. The smallest absolute Gasteiger partial charge is 0.226 e. The summed E-state index contributed by atoms with van der Waals surface area (Å²) >= 11 is 0. The zero-order valence-corrected chi connectivity index (χ0v) is 10.7. The molecule has 3 N–H and O–H groups in total. The van der Waals surface area contributed by atoms with Crippen LogP contribution >= 0.6 is 0 Å². The zero-order chi connectivity index (χ0) is 13.4. The summed E-state index contributed by atoms with van der Waals surface area (Å²) in [5, 5.41) is 2.77. The van der Waals surface area contributed by atoms with E-state index < -0.39 is 0 Å². The number of anilines is 1. The molecule has 0 radical (unpaired) electrons. The molecule has 6 nitrogen and oxygen atoms in total. The fourth-order valence-electron chi connectivity index (χ4n) is 1.39. The maximum Gasteiger partial charge on any atom is 0.226 e. The number of nitrogen functional groups attached to an aromatic ring is 1. The summed E-state index contributed by atoms with van der Waals surface area (Å²) in [6.07, 6.45) is 1.62. The lowest BCUT2D eigenvalue weighted by Crippen LogP contribution is -2.36. The molecule has 0 aliphatic rings. The van der Waals surface area contributed by atoms with E-state index in [1.165, 1.54) is 6.20 Å². The summed E-state index contributed by atoms with van der Waals surface area (Å²) in [5.74, 6) is -0.106. The van der Waals surface area contributed by atoms with Crippen LogP contribution in [0.3, 0.4) is 0 Å². The lowest BCUT2D eigenvalue weighted by Gasteiger charge is -2.14. The first-order valence-corrected chi connectivity index (χ1v) is 5.64. The third-order valence-electron chi connectivity index (χ3n) is 2.40. The monoisotopic (exact) mass is 253 g/mol. The number of carbonyl (C=O) groups is 1. The summed E-state index contributed by atoms with van der Waals surface area (Å²) in [4.78, 5) is 15.7. The summed E-state index contributed by atoms with van der Waals surface area (Å²) in [6.45, 7) is 0.856. The van der Waals surface area contributed by atoms with Gasteiger partial charge in [0.15, 0.2) is 0 Å². The summed E-state index contributed by atoms with van der Waals surface area (Å²) in [5.41, 5.74) is 6.78. The van der Waals surface area contributed by atoms with Gasteiger partial charge in [0.2, 0.25) is 5.91 Å². The van der Waals surface area contributed by atoms with Crippen LogP contribution in [-0.2, 0) is 20.7 Å². The predicted octanol–water partition coefficient (Wildman–Crippen LogP) is -0.0161. The van der Waals surface area contributed by atoms with Crippen molar-refractivity contribution in [2.24, 2.45) is 0 Å². The first-order chi connectivity index (χ1) is 8.65. The lowest BCUT2D eigenvalue weighted by atomic mass is 10.2. The number of methoxy groups -OCH3 is 2. The van der Waals surface area contributed by atoms with Crippen molar-refractivity contribution < 1.29 is 14.3 Å². The molecule has 1 atom stereocenters. The number of aromatic nitrogens is 1. The zero-order valence-electron chi connectivity index (χ0n) is 10.7. The van der Waals surface area contributed by atoms with E-state index in [1.54, 1.807) is 26.4 Å². The van der Waals surface area contributed by atoms with Crippen LogP contribution in [0.1, 0.15) is 5.69 Å². The van der Waals surface area contributed by atoms with Crippen LogP contribution in [0, 0.1) is 0 Å². The molecule has 0 aliphatic carbocycles. The average Bonchev–Trinajstić information content (AvgIpc) is 2.37. The summed E-state index contributed by atoms with van der Waals surface area (Å²) in [7, 11) is 3.17. The van der Waals surface area contributed by atoms with Crippen LogP contribution in [0.5, 0.6) is 0 Å². The van der Waals surface area contributed by atoms with Gasteiger partial charge in [0.1, 0.15) is 0 Å². The highest BCUT2D eigenvalue weighted by Gasteiger charge is 2.09. The van der Waals surface area contributed by atoms with Crippen molar-refractivity contribution in [3.8, 4) is 0 Å². The SMILES string of the molecule is COCC(CNC(=O)Cc1ccc(N)cn1)OC. The number of nitrogens with two attached hydrogens (primary N) is 1. The van der Waals surface area contributed by atoms with Crippen molar-refractivity contribution in [2.75, 3.05) is 33.1 Å². The van der Waals surface area contributed by atoms with Crippen molar-refractivity contribution in [2.45, 2.75) is 12.5 Å². The van der Waals surface area contributed by atoms with Crippen molar-refractivity contribution in [3.05, 3.63) is 24.0 Å². The first-order valence-electron chi connectivity index (χ1n) is 5.64. The van der Waals surface area contributed by atoms with Crippen molar-refractivity contribution in [1.29, 1.82) is 0 Å². The number of carbonyl (C=O) groups excluding carboxylic acids is 1. The van der Waals surface area contributed by atoms with Gasteiger partial charge in [-0.2, -0.15) is 0 Å². The Balaban J connectivity index is 2.35. The molecule has 0 saturated heterocycles. The Morgan fingerprint density at radius 3 is 2.83 bits per heavy atom. The maximum absolute atomic E-state index is 11.6. The van der Waals surface area contributed by atoms with Gasteiger partial charge in [-0.15, -0.1) is 0 Å². The van der Waals surface area contributed by atoms with Gasteiger partial charge in [-0.05, 0) is 12.1 Å². The maximum atomic E-state index is 11.6. The highest BCUT2D eigenvalue weighted by Crippen LogP contribution is 2.01. The molecule has 0 aromatic carbocycles. The lowest BCUT2D eigenvalue weighted by molar-refractivity contribution is -0.121. The van der Waals surface area contributed by atoms with Crippen molar-refractivity contribution >= 4 is 11.6 Å². The Hall–Kier alpha value is -1.66. The van der Waals surface area contributed by atoms with Crippen LogP contribution in [-0.4, -0.2) is 44.4 Å². The summed E-state index contributed by atoms with van der Waals surface area (Å²) < 4.78 is 10.1. The van der Waals surface area contributed by atoms with E-state index in [4.69, 9.17) is 15.2 Å². The number of nitrogens with zero attached hydrogens (tertiary/aromatic N) is 1. The van der Waals surface area contributed by atoms with Crippen LogP contribution in [0.25, 0.3) is 0 Å². The number of pyridine rings is 1. The number of rotatable bonds is 7. The molecule has 6 heteroatoms. The Labute approximate surface area is 106 Å². The number of hydrogen-bond acceptors (Lipinski definition) is 5. The second-order valence-corrected chi connectivity index (χ2v) is 3.88. The van der Waals surface area contributed by atoms with Gasteiger partial charge >= 0.3 is 0 Å². The van der Waals surface area contributed by atoms with E-state index in [9.17, 15) is 4.79 Å². The molecule has 1 rings (SSSR count). The number of ether oxygens (including phenoxy) is 2. The molecule has 100 valence electrons.